The third kappa shape index (κ3) is 4.35. The molecule has 0 aromatic rings. The van der Waals surface area contributed by atoms with Crippen LogP contribution >= 0.6 is 0 Å². The van der Waals surface area contributed by atoms with Gasteiger partial charge in [0.1, 0.15) is 5.60 Å². The van der Waals surface area contributed by atoms with Gasteiger partial charge in [0.15, 0.2) is 0 Å². The van der Waals surface area contributed by atoms with Gasteiger partial charge >= 0.3 is 6.09 Å². The molecule has 1 amide bonds. The summed E-state index contributed by atoms with van der Waals surface area (Å²) in [7, 11) is 0. The molecule has 0 unspecified atom stereocenters. The minimum atomic E-state index is -0.423. The van der Waals surface area contributed by atoms with Gasteiger partial charge in [-0.05, 0) is 40.0 Å². The van der Waals surface area contributed by atoms with Crippen molar-refractivity contribution in [3.8, 4) is 0 Å². The second-order valence-electron chi connectivity index (χ2n) is 6.54. The van der Waals surface area contributed by atoms with Crippen LogP contribution in [0.25, 0.3) is 0 Å². The number of alkyl carbamates (subject to hydrolysis) is 1. The van der Waals surface area contributed by atoms with Crippen LogP contribution in [-0.4, -0.2) is 54.9 Å². The van der Waals surface area contributed by atoms with Crippen LogP contribution in [0.5, 0.6) is 0 Å². The first kappa shape index (κ1) is 14.6. The number of ether oxygens (including phenoxy) is 1. The molecule has 2 rings (SSSR count). The lowest BCUT2D eigenvalue weighted by Gasteiger charge is -2.36. The molecule has 1 saturated carbocycles. The van der Waals surface area contributed by atoms with Crippen molar-refractivity contribution in [2.24, 2.45) is 0 Å². The second-order valence-corrected chi connectivity index (χ2v) is 6.54. The maximum absolute atomic E-state index is 11.9. The van der Waals surface area contributed by atoms with E-state index in [1.54, 1.807) is 0 Å². The molecule has 0 bridgehead atoms. The van der Waals surface area contributed by atoms with E-state index in [-0.39, 0.29) is 12.1 Å². The fourth-order valence-electron chi connectivity index (χ4n) is 3.02. The number of amides is 1. The van der Waals surface area contributed by atoms with E-state index in [2.05, 4.69) is 15.5 Å². The van der Waals surface area contributed by atoms with Gasteiger partial charge in [-0.15, -0.1) is 0 Å². The monoisotopic (exact) mass is 269 g/mol. The molecule has 19 heavy (non-hydrogen) atoms. The first-order chi connectivity index (χ1) is 8.96. The molecule has 1 aliphatic carbocycles. The number of nitrogens with zero attached hydrogens (tertiary/aromatic N) is 1. The number of carbonyl (C=O) groups excluding carboxylic acids is 1. The maximum atomic E-state index is 11.9. The van der Waals surface area contributed by atoms with Crippen molar-refractivity contribution < 1.29 is 9.53 Å². The molecule has 0 radical (unpaired) electrons. The molecule has 2 fully saturated rings. The Morgan fingerprint density at radius 3 is 2.58 bits per heavy atom. The highest BCUT2D eigenvalue weighted by atomic mass is 16.6. The molecule has 1 aliphatic heterocycles. The normalized spacial score (nSPS) is 29.2. The Kier molecular flexibility index (Phi) is 4.68. The average Bonchev–Trinajstić information content (AvgIpc) is 2.75. The molecule has 1 heterocycles. The molecule has 0 spiro atoms. The highest BCUT2D eigenvalue weighted by Gasteiger charge is 2.34. The predicted molar refractivity (Wildman–Crippen MR) is 75.2 cm³/mol. The molecule has 2 N–H and O–H groups in total. The Hall–Kier alpha value is -0.810. The fraction of sp³-hybridized carbons (Fsp3) is 0.929. The first-order valence-corrected chi connectivity index (χ1v) is 7.40. The molecule has 2 aliphatic rings. The summed E-state index contributed by atoms with van der Waals surface area (Å²) in [6.45, 7) is 9.96. The number of rotatable bonds is 2. The van der Waals surface area contributed by atoms with Crippen molar-refractivity contribution in [2.75, 3.05) is 26.2 Å². The molecule has 5 heteroatoms. The minimum absolute atomic E-state index is 0.243. The van der Waals surface area contributed by atoms with Crippen LogP contribution in [0.1, 0.15) is 40.0 Å². The van der Waals surface area contributed by atoms with Crippen molar-refractivity contribution in [2.45, 2.75) is 57.7 Å². The van der Waals surface area contributed by atoms with E-state index < -0.39 is 5.60 Å². The number of piperazine rings is 1. The van der Waals surface area contributed by atoms with Crippen LogP contribution in [0.3, 0.4) is 0 Å². The van der Waals surface area contributed by atoms with Crippen molar-refractivity contribution in [1.82, 2.24) is 15.5 Å². The van der Waals surface area contributed by atoms with Gasteiger partial charge in [0, 0.05) is 38.3 Å². The number of hydrogen-bond acceptors (Lipinski definition) is 4. The number of nitrogens with one attached hydrogen (secondary N) is 2. The summed E-state index contributed by atoms with van der Waals surface area (Å²) >= 11 is 0. The van der Waals surface area contributed by atoms with E-state index in [0.29, 0.717) is 6.04 Å². The standard InChI is InChI=1S/C14H27N3O2/c1-14(2,3)19-13(18)16-11-5-4-6-12(11)17-9-7-15-8-10-17/h11-12,15H,4-10H2,1-3H3,(H,16,18)/t11-,12+/m1/s1. The highest BCUT2D eigenvalue weighted by molar-refractivity contribution is 5.68. The third-order valence-electron chi connectivity index (χ3n) is 3.80. The van der Waals surface area contributed by atoms with Crippen molar-refractivity contribution >= 4 is 6.09 Å². The topological polar surface area (TPSA) is 53.6 Å². The quantitative estimate of drug-likeness (QED) is 0.794. The average molecular weight is 269 g/mol. The van der Waals surface area contributed by atoms with Gasteiger partial charge < -0.3 is 15.4 Å². The number of hydrogen-bond donors (Lipinski definition) is 2. The zero-order valence-corrected chi connectivity index (χ0v) is 12.4. The van der Waals surface area contributed by atoms with Gasteiger partial charge in [-0.25, -0.2) is 4.79 Å². The summed E-state index contributed by atoms with van der Waals surface area (Å²) in [5.74, 6) is 0. The fourth-order valence-corrected chi connectivity index (χ4v) is 3.02. The van der Waals surface area contributed by atoms with E-state index in [4.69, 9.17) is 4.74 Å². The van der Waals surface area contributed by atoms with Crippen LogP contribution in [0, 0.1) is 0 Å². The Bertz CT molecular complexity index is 308. The Morgan fingerprint density at radius 2 is 1.95 bits per heavy atom. The minimum Gasteiger partial charge on any atom is -0.444 e. The summed E-state index contributed by atoms with van der Waals surface area (Å²) in [6.07, 6.45) is 3.16. The summed E-state index contributed by atoms with van der Waals surface area (Å²) in [6, 6.07) is 0.725. The SMILES string of the molecule is CC(C)(C)OC(=O)N[C@@H]1CCC[C@@H]1N1CCNCC1. The van der Waals surface area contributed by atoms with E-state index in [1.807, 2.05) is 20.8 Å². The van der Waals surface area contributed by atoms with Crippen LogP contribution in [-0.2, 0) is 4.74 Å². The zero-order chi connectivity index (χ0) is 13.9. The van der Waals surface area contributed by atoms with Crippen LogP contribution in [0.4, 0.5) is 4.79 Å². The lowest BCUT2D eigenvalue weighted by molar-refractivity contribution is 0.0468. The molecular weight excluding hydrogens is 242 g/mol. The zero-order valence-electron chi connectivity index (χ0n) is 12.4. The lowest BCUT2D eigenvalue weighted by atomic mass is 10.1. The van der Waals surface area contributed by atoms with Gasteiger partial charge in [-0.1, -0.05) is 0 Å². The third-order valence-corrected chi connectivity index (χ3v) is 3.80. The van der Waals surface area contributed by atoms with Gasteiger partial charge in [-0.2, -0.15) is 0 Å². The Balaban J connectivity index is 1.86. The summed E-state index contributed by atoms with van der Waals surface area (Å²) in [4.78, 5) is 14.4. The maximum Gasteiger partial charge on any atom is 0.407 e. The first-order valence-electron chi connectivity index (χ1n) is 7.40. The van der Waals surface area contributed by atoms with Crippen LogP contribution in [0.15, 0.2) is 0 Å². The van der Waals surface area contributed by atoms with E-state index in [1.165, 1.54) is 12.8 Å². The lowest BCUT2D eigenvalue weighted by Crippen LogP contribution is -2.54. The van der Waals surface area contributed by atoms with Crippen LogP contribution < -0.4 is 10.6 Å². The van der Waals surface area contributed by atoms with Gasteiger partial charge in [-0.3, -0.25) is 4.90 Å². The van der Waals surface area contributed by atoms with Gasteiger partial charge in [0.05, 0.1) is 0 Å². The second kappa shape index (κ2) is 6.09. The van der Waals surface area contributed by atoms with Gasteiger partial charge in [0.2, 0.25) is 0 Å². The van der Waals surface area contributed by atoms with E-state index in [9.17, 15) is 4.79 Å². The molecule has 110 valence electrons. The van der Waals surface area contributed by atoms with E-state index >= 15 is 0 Å². The number of carbonyl (C=O) groups is 1. The largest absolute Gasteiger partial charge is 0.444 e. The van der Waals surface area contributed by atoms with Crippen molar-refractivity contribution in [1.29, 1.82) is 0 Å². The summed E-state index contributed by atoms with van der Waals surface area (Å²) in [5.41, 5.74) is -0.423. The van der Waals surface area contributed by atoms with Crippen molar-refractivity contribution in [3.05, 3.63) is 0 Å². The molecule has 1 saturated heterocycles. The van der Waals surface area contributed by atoms with Crippen LogP contribution in [0.2, 0.25) is 0 Å². The molecular formula is C14H27N3O2. The summed E-state index contributed by atoms with van der Waals surface area (Å²) < 4.78 is 5.35. The molecule has 0 aromatic carbocycles. The Morgan fingerprint density at radius 1 is 1.26 bits per heavy atom. The molecule has 2 atom stereocenters. The molecule has 5 nitrogen and oxygen atoms in total. The summed E-state index contributed by atoms with van der Waals surface area (Å²) in [5, 5.41) is 6.43. The van der Waals surface area contributed by atoms with Gasteiger partial charge in [0.25, 0.3) is 0 Å². The smallest absolute Gasteiger partial charge is 0.407 e. The van der Waals surface area contributed by atoms with E-state index in [0.717, 1.165) is 32.6 Å². The van der Waals surface area contributed by atoms with Crippen molar-refractivity contribution in [3.63, 3.8) is 0 Å². The predicted octanol–water partition coefficient (Wildman–Crippen LogP) is 1.34. The Labute approximate surface area is 116 Å². The highest BCUT2D eigenvalue weighted by Crippen LogP contribution is 2.25. The molecule has 0 aromatic heterocycles.